The topological polar surface area (TPSA) is 64.3 Å². The van der Waals surface area contributed by atoms with Gasteiger partial charge in [0.1, 0.15) is 12.0 Å². The zero-order valence-corrected chi connectivity index (χ0v) is 13.6. The molecule has 0 radical (unpaired) electrons. The first-order valence-corrected chi connectivity index (χ1v) is 7.46. The van der Waals surface area contributed by atoms with E-state index in [1.54, 1.807) is 31.2 Å². The van der Waals surface area contributed by atoms with Crippen molar-refractivity contribution in [1.82, 2.24) is 0 Å². The van der Waals surface area contributed by atoms with Gasteiger partial charge in [0.15, 0.2) is 5.78 Å². The molecule has 22 heavy (non-hydrogen) atoms. The van der Waals surface area contributed by atoms with Gasteiger partial charge in [-0.3, -0.25) is 14.4 Å². The van der Waals surface area contributed by atoms with E-state index >= 15 is 0 Å². The van der Waals surface area contributed by atoms with Gasteiger partial charge in [0.05, 0.1) is 15.6 Å². The smallest absolute Gasteiger partial charge is 0.241 e. The van der Waals surface area contributed by atoms with Gasteiger partial charge < -0.3 is 4.42 Å². The van der Waals surface area contributed by atoms with E-state index in [4.69, 9.17) is 16.0 Å². The fraction of sp³-hybridized carbons (Fsp3) is 0.0625. The molecule has 4 nitrogen and oxygen atoms in total. The Morgan fingerprint density at radius 2 is 1.77 bits per heavy atom. The zero-order chi connectivity index (χ0) is 16.0. The van der Waals surface area contributed by atoms with Crippen molar-refractivity contribution in [3.05, 3.63) is 62.5 Å². The normalized spacial score (nSPS) is 14.3. The number of carbonyl (C=O) groups is 3. The van der Waals surface area contributed by atoms with Crippen molar-refractivity contribution < 1.29 is 18.8 Å². The number of allylic oxidation sites excluding steroid dienone is 2. The number of furan rings is 1. The van der Waals surface area contributed by atoms with Crippen LogP contribution in [0.1, 0.15) is 39.0 Å². The Bertz CT molecular complexity index is 859. The molecular weight excluding hydrogens is 372 g/mol. The van der Waals surface area contributed by atoms with E-state index in [1.807, 2.05) is 0 Å². The van der Waals surface area contributed by atoms with E-state index in [9.17, 15) is 14.4 Å². The van der Waals surface area contributed by atoms with Gasteiger partial charge in [0, 0.05) is 16.2 Å². The predicted octanol–water partition coefficient (Wildman–Crippen LogP) is 4.06. The molecular formula is C16H8BrClO4. The lowest BCUT2D eigenvalue weighted by molar-refractivity contribution is -0.111. The number of carbonyl (C=O) groups excluding carboxylic acids is 3. The molecule has 0 N–H and O–H groups in total. The van der Waals surface area contributed by atoms with Crippen LogP contribution < -0.4 is 0 Å². The summed E-state index contributed by atoms with van der Waals surface area (Å²) in [6.45, 7) is 1.65. The van der Waals surface area contributed by atoms with Crippen LogP contribution in [0.25, 0.3) is 5.57 Å². The third kappa shape index (κ3) is 2.17. The van der Waals surface area contributed by atoms with E-state index in [0.717, 1.165) is 0 Å². The molecule has 110 valence electrons. The van der Waals surface area contributed by atoms with Gasteiger partial charge in [0.2, 0.25) is 11.6 Å². The first-order valence-electron chi connectivity index (χ1n) is 6.29. The standard InChI is InChI=1S/C16H8BrClO4/c1-7-12(17)15(21)14(20)11-10(6-22-16(7)11)13(19)8-2-4-9(18)5-3-8/h2-6H,1H3. The summed E-state index contributed by atoms with van der Waals surface area (Å²) in [5.74, 6) is -1.59. The van der Waals surface area contributed by atoms with Crippen molar-refractivity contribution in [2.45, 2.75) is 6.92 Å². The molecule has 1 aliphatic carbocycles. The maximum absolute atomic E-state index is 12.5. The van der Waals surface area contributed by atoms with Gasteiger partial charge in [0.25, 0.3) is 0 Å². The molecule has 0 saturated carbocycles. The van der Waals surface area contributed by atoms with Gasteiger partial charge in [-0.2, -0.15) is 0 Å². The van der Waals surface area contributed by atoms with Crippen molar-refractivity contribution in [3.8, 4) is 0 Å². The summed E-state index contributed by atoms with van der Waals surface area (Å²) in [6, 6.07) is 6.27. The average molecular weight is 380 g/mol. The number of Topliss-reactive ketones (excluding diaryl/α,β-unsaturated/α-hetero) is 2. The fourth-order valence-corrected chi connectivity index (χ4v) is 2.75. The molecule has 1 aromatic carbocycles. The van der Waals surface area contributed by atoms with Crippen LogP contribution in [0.5, 0.6) is 0 Å². The van der Waals surface area contributed by atoms with Crippen molar-refractivity contribution in [3.63, 3.8) is 0 Å². The highest BCUT2D eigenvalue weighted by atomic mass is 79.9. The van der Waals surface area contributed by atoms with Crippen LogP contribution in [0.2, 0.25) is 5.02 Å². The lowest BCUT2D eigenvalue weighted by Gasteiger charge is -2.11. The minimum absolute atomic E-state index is 0.0191. The second kappa shape index (κ2) is 5.34. The molecule has 1 aliphatic rings. The van der Waals surface area contributed by atoms with Gasteiger partial charge in [-0.1, -0.05) is 11.6 Å². The second-order valence-electron chi connectivity index (χ2n) is 4.79. The molecule has 1 heterocycles. The Hall–Kier alpha value is -1.98. The maximum Gasteiger partial charge on any atom is 0.241 e. The number of benzene rings is 1. The fourth-order valence-electron chi connectivity index (χ4n) is 2.27. The molecule has 6 heteroatoms. The zero-order valence-electron chi connectivity index (χ0n) is 11.3. The van der Waals surface area contributed by atoms with Crippen molar-refractivity contribution in [2.75, 3.05) is 0 Å². The summed E-state index contributed by atoms with van der Waals surface area (Å²) in [6.07, 6.45) is 1.21. The SMILES string of the molecule is CC1=C(Br)C(=O)C(=O)c2c(C(=O)c3ccc(Cl)cc3)coc21. The maximum atomic E-state index is 12.5. The van der Waals surface area contributed by atoms with E-state index in [1.165, 1.54) is 6.26 Å². The summed E-state index contributed by atoms with van der Waals surface area (Å²) in [4.78, 5) is 36.7. The molecule has 0 fully saturated rings. The lowest BCUT2D eigenvalue weighted by atomic mass is 9.91. The minimum atomic E-state index is -0.751. The molecule has 0 saturated heterocycles. The molecule has 2 aromatic rings. The van der Waals surface area contributed by atoms with Crippen LogP contribution in [0, 0.1) is 0 Å². The molecule has 0 atom stereocenters. The molecule has 0 bridgehead atoms. The number of halogens is 2. The monoisotopic (exact) mass is 378 g/mol. The number of hydrogen-bond donors (Lipinski definition) is 0. The van der Waals surface area contributed by atoms with Crippen LogP contribution in [-0.4, -0.2) is 17.3 Å². The highest BCUT2D eigenvalue weighted by Crippen LogP contribution is 2.35. The number of ketones is 3. The second-order valence-corrected chi connectivity index (χ2v) is 6.02. The van der Waals surface area contributed by atoms with Crippen LogP contribution in [0.15, 0.2) is 39.4 Å². The Kier molecular flexibility index (Phi) is 3.62. The Balaban J connectivity index is 2.14. The van der Waals surface area contributed by atoms with Crippen molar-refractivity contribution >= 4 is 50.5 Å². The lowest BCUT2D eigenvalue weighted by Crippen LogP contribution is -2.22. The Morgan fingerprint density at radius 3 is 2.41 bits per heavy atom. The number of fused-ring (bicyclic) bond motifs is 1. The summed E-state index contributed by atoms with van der Waals surface area (Å²) in [5.41, 5.74) is 0.954. The van der Waals surface area contributed by atoms with E-state index in [-0.39, 0.29) is 21.4 Å². The molecule has 0 amide bonds. The van der Waals surface area contributed by atoms with Crippen LogP contribution in [-0.2, 0) is 4.79 Å². The van der Waals surface area contributed by atoms with Crippen molar-refractivity contribution in [2.24, 2.45) is 0 Å². The molecule has 3 rings (SSSR count). The van der Waals surface area contributed by atoms with Gasteiger partial charge >= 0.3 is 0 Å². The van der Waals surface area contributed by atoms with Crippen LogP contribution in [0.3, 0.4) is 0 Å². The third-order valence-corrected chi connectivity index (χ3v) is 4.65. The van der Waals surface area contributed by atoms with E-state index in [0.29, 0.717) is 16.2 Å². The van der Waals surface area contributed by atoms with E-state index < -0.39 is 17.3 Å². The quantitative estimate of drug-likeness (QED) is 0.583. The third-order valence-electron chi connectivity index (χ3n) is 3.44. The highest BCUT2D eigenvalue weighted by molar-refractivity contribution is 9.12. The summed E-state index contributed by atoms with van der Waals surface area (Å²) in [5, 5.41) is 0.500. The minimum Gasteiger partial charge on any atom is -0.463 e. The first-order chi connectivity index (χ1) is 10.4. The summed E-state index contributed by atoms with van der Waals surface area (Å²) < 4.78 is 5.50. The largest absolute Gasteiger partial charge is 0.463 e. The van der Waals surface area contributed by atoms with Crippen molar-refractivity contribution in [1.29, 1.82) is 0 Å². The highest BCUT2D eigenvalue weighted by Gasteiger charge is 2.36. The number of rotatable bonds is 2. The van der Waals surface area contributed by atoms with E-state index in [2.05, 4.69) is 15.9 Å². The number of hydrogen-bond acceptors (Lipinski definition) is 4. The summed E-state index contributed by atoms with van der Waals surface area (Å²) >= 11 is 8.87. The molecule has 0 unspecified atom stereocenters. The predicted molar refractivity (Wildman–Crippen MR) is 84.5 cm³/mol. The Morgan fingerprint density at radius 1 is 1.14 bits per heavy atom. The van der Waals surface area contributed by atoms with Crippen LogP contribution in [0.4, 0.5) is 0 Å². The first kappa shape index (κ1) is 14.9. The molecule has 0 aliphatic heterocycles. The Labute approximate surface area is 138 Å². The average Bonchev–Trinajstić information content (AvgIpc) is 2.96. The molecule has 1 aromatic heterocycles. The molecule has 0 spiro atoms. The summed E-state index contributed by atoms with van der Waals surface area (Å²) in [7, 11) is 0. The van der Waals surface area contributed by atoms with Gasteiger partial charge in [-0.05, 0) is 47.1 Å². The van der Waals surface area contributed by atoms with Gasteiger partial charge in [-0.15, -0.1) is 0 Å². The van der Waals surface area contributed by atoms with Crippen LogP contribution >= 0.6 is 27.5 Å². The van der Waals surface area contributed by atoms with Gasteiger partial charge in [-0.25, -0.2) is 0 Å².